The van der Waals surface area contributed by atoms with Crippen molar-refractivity contribution >= 4 is 34.6 Å². The highest BCUT2D eigenvalue weighted by Crippen LogP contribution is 2.27. The lowest BCUT2D eigenvalue weighted by Gasteiger charge is -2.12. The summed E-state index contributed by atoms with van der Waals surface area (Å²) in [6.07, 6.45) is 0. The molecule has 0 bridgehead atoms. The molecule has 0 saturated heterocycles. The molecule has 7 heteroatoms. The van der Waals surface area contributed by atoms with Gasteiger partial charge in [-0.05, 0) is 23.6 Å². The van der Waals surface area contributed by atoms with Gasteiger partial charge in [0.15, 0.2) is 0 Å². The van der Waals surface area contributed by atoms with E-state index >= 15 is 0 Å². The number of nitrogens with one attached hydrogen (secondary N) is 3. The van der Waals surface area contributed by atoms with Gasteiger partial charge < -0.3 is 20.7 Å². The third-order valence-corrected chi connectivity index (χ3v) is 3.65. The van der Waals surface area contributed by atoms with Crippen LogP contribution in [0.4, 0.5) is 16.2 Å². The Morgan fingerprint density at radius 1 is 1.23 bits per heavy atom. The van der Waals surface area contributed by atoms with Crippen LogP contribution in [-0.4, -0.2) is 19.0 Å². The Morgan fingerprint density at radius 2 is 2.05 bits per heavy atom. The first kappa shape index (κ1) is 15.8. The molecule has 0 aliphatic rings. The van der Waals surface area contributed by atoms with Crippen molar-refractivity contribution in [2.45, 2.75) is 13.5 Å². The van der Waals surface area contributed by atoms with Crippen LogP contribution in [0.5, 0.6) is 5.75 Å². The summed E-state index contributed by atoms with van der Waals surface area (Å²) in [7, 11) is 1.50. The molecule has 0 aliphatic heterocycles. The first-order chi connectivity index (χ1) is 10.6. The molecule has 0 saturated carbocycles. The van der Waals surface area contributed by atoms with Crippen LogP contribution < -0.4 is 20.7 Å². The Balaban J connectivity index is 1.97. The summed E-state index contributed by atoms with van der Waals surface area (Å²) in [6, 6.07) is 8.60. The van der Waals surface area contributed by atoms with E-state index in [1.54, 1.807) is 29.5 Å². The second kappa shape index (κ2) is 7.46. The number of hydrogen-bond donors (Lipinski definition) is 3. The number of thiophene rings is 1. The second-order valence-electron chi connectivity index (χ2n) is 4.48. The molecule has 0 fully saturated rings. The van der Waals surface area contributed by atoms with E-state index in [0.717, 1.165) is 4.88 Å². The highest BCUT2D eigenvalue weighted by Gasteiger charge is 2.08. The monoisotopic (exact) mass is 319 g/mol. The summed E-state index contributed by atoms with van der Waals surface area (Å²) < 4.78 is 5.20. The maximum Gasteiger partial charge on any atom is 0.319 e. The summed E-state index contributed by atoms with van der Waals surface area (Å²) in [5.74, 6) is 0.291. The molecule has 1 aromatic heterocycles. The summed E-state index contributed by atoms with van der Waals surface area (Å²) in [5, 5.41) is 10.1. The number of urea groups is 1. The minimum atomic E-state index is -0.303. The topological polar surface area (TPSA) is 79.5 Å². The van der Waals surface area contributed by atoms with E-state index in [4.69, 9.17) is 4.74 Å². The summed E-state index contributed by atoms with van der Waals surface area (Å²) in [5.41, 5.74) is 1.13. The van der Waals surface area contributed by atoms with Gasteiger partial charge >= 0.3 is 6.03 Å². The van der Waals surface area contributed by atoms with Gasteiger partial charge in [-0.25, -0.2) is 4.79 Å². The Morgan fingerprint density at radius 3 is 2.68 bits per heavy atom. The van der Waals surface area contributed by atoms with Crippen molar-refractivity contribution in [1.82, 2.24) is 5.32 Å². The SMILES string of the molecule is COc1cc(NC(=O)NCc2cccs2)ccc1NC(C)=O. The van der Waals surface area contributed by atoms with Crippen molar-refractivity contribution in [2.24, 2.45) is 0 Å². The molecule has 0 atom stereocenters. The minimum Gasteiger partial charge on any atom is -0.494 e. The average molecular weight is 319 g/mol. The molecule has 2 aromatic rings. The van der Waals surface area contributed by atoms with Gasteiger partial charge in [-0.15, -0.1) is 11.3 Å². The van der Waals surface area contributed by atoms with Crippen LogP contribution in [0.3, 0.4) is 0 Å². The van der Waals surface area contributed by atoms with Crippen molar-refractivity contribution in [1.29, 1.82) is 0 Å². The largest absolute Gasteiger partial charge is 0.494 e. The van der Waals surface area contributed by atoms with E-state index in [9.17, 15) is 9.59 Å². The number of methoxy groups -OCH3 is 1. The molecule has 0 radical (unpaired) electrons. The van der Waals surface area contributed by atoms with Crippen LogP contribution in [0.1, 0.15) is 11.8 Å². The van der Waals surface area contributed by atoms with Crippen LogP contribution >= 0.6 is 11.3 Å². The predicted molar refractivity (Wildman–Crippen MR) is 87.5 cm³/mol. The van der Waals surface area contributed by atoms with Crippen LogP contribution in [0.2, 0.25) is 0 Å². The van der Waals surface area contributed by atoms with Gasteiger partial charge in [-0.1, -0.05) is 6.07 Å². The van der Waals surface area contributed by atoms with Crippen LogP contribution in [0.15, 0.2) is 35.7 Å². The van der Waals surface area contributed by atoms with E-state index in [-0.39, 0.29) is 11.9 Å². The summed E-state index contributed by atoms with van der Waals surface area (Å²) in [4.78, 5) is 24.0. The number of anilines is 2. The van der Waals surface area contributed by atoms with E-state index in [0.29, 0.717) is 23.7 Å². The maximum atomic E-state index is 11.8. The molecule has 2 rings (SSSR count). The van der Waals surface area contributed by atoms with Gasteiger partial charge in [0.1, 0.15) is 5.75 Å². The van der Waals surface area contributed by atoms with Gasteiger partial charge in [0.25, 0.3) is 0 Å². The van der Waals surface area contributed by atoms with Gasteiger partial charge in [-0.2, -0.15) is 0 Å². The molecule has 22 heavy (non-hydrogen) atoms. The zero-order valence-electron chi connectivity index (χ0n) is 12.3. The van der Waals surface area contributed by atoms with E-state index in [2.05, 4.69) is 16.0 Å². The predicted octanol–water partition coefficient (Wildman–Crippen LogP) is 3.04. The van der Waals surface area contributed by atoms with Crippen molar-refractivity contribution < 1.29 is 14.3 Å². The standard InChI is InChI=1S/C15H17N3O3S/c1-10(19)17-13-6-5-11(8-14(13)21-2)18-15(20)16-9-12-4-3-7-22-12/h3-8H,9H2,1-2H3,(H,17,19)(H2,16,18,20). The number of rotatable bonds is 5. The molecular formula is C15H17N3O3S. The molecule has 6 nitrogen and oxygen atoms in total. The highest BCUT2D eigenvalue weighted by molar-refractivity contribution is 7.09. The normalized spacial score (nSPS) is 9.91. The van der Waals surface area contributed by atoms with E-state index in [1.807, 2.05) is 17.5 Å². The number of carbonyl (C=O) groups excluding carboxylic acids is 2. The smallest absolute Gasteiger partial charge is 0.319 e. The first-order valence-corrected chi connectivity index (χ1v) is 7.49. The number of benzene rings is 1. The summed E-state index contributed by atoms with van der Waals surface area (Å²) in [6.45, 7) is 1.90. The Kier molecular flexibility index (Phi) is 5.37. The van der Waals surface area contributed by atoms with E-state index in [1.165, 1.54) is 14.0 Å². The van der Waals surface area contributed by atoms with Crippen LogP contribution in [0.25, 0.3) is 0 Å². The summed E-state index contributed by atoms with van der Waals surface area (Å²) >= 11 is 1.58. The van der Waals surface area contributed by atoms with Gasteiger partial charge in [0, 0.05) is 23.6 Å². The Bertz CT molecular complexity index is 656. The zero-order valence-corrected chi connectivity index (χ0v) is 13.1. The first-order valence-electron chi connectivity index (χ1n) is 6.61. The molecule has 3 amide bonds. The fourth-order valence-corrected chi connectivity index (χ4v) is 2.46. The lowest BCUT2D eigenvalue weighted by Crippen LogP contribution is -2.27. The van der Waals surface area contributed by atoms with Crippen molar-refractivity contribution in [3.8, 4) is 5.75 Å². The molecule has 0 aliphatic carbocycles. The average Bonchev–Trinajstić information content (AvgIpc) is 2.99. The Labute approximate surface area is 132 Å². The lowest BCUT2D eigenvalue weighted by atomic mass is 10.2. The van der Waals surface area contributed by atoms with Gasteiger partial charge in [-0.3, -0.25) is 4.79 Å². The van der Waals surface area contributed by atoms with Crippen molar-refractivity contribution in [3.63, 3.8) is 0 Å². The molecule has 1 heterocycles. The van der Waals surface area contributed by atoms with Crippen molar-refractivity contribution in [2.75, 3.05) is 17.7 Å². The molecule has 3 N–H and O–H groups in total. The number of amides is 3. The van der Waals surface area contributed by atoms with Gasteiger partial charge in [0.05, 0.1) is 19.3 Å². The quantitative estimate of drug-likeness (QED) is 0.792. The van der Waals surface area contributed by atoms with Gasteiger partial charge in [0.2, 0.25) is 5.91 Å². The Hall–Kier alpha value is -2.54. The molecule has 0 unspecified atom stereocenters. The highest BCUT2D eigenvalue weighted by atomic mass is 32.1. The van der Waals surface area contributed by atoms with Crippen LogP contribution in [0, 0.1) is 0 Å². The van der Waals surface area contributed by atoms with E-state index < -0.39 is 0 Å². The number of carbonyl (C=O) groups is 2. The molecule has 1 aromatic carbocycles. The zero-order chi connectivity index (χ0) is 15.9. The number of hydrogen-bond acceptors (Lipinski definition) is 4. The maximum absolute atomic E-state index is 11.8. The third-order valence-electron chi connectivity index (χ3n) is 2.77. The number of ether oxygens (including phenoxy) is 1. The molecular weight excluding hydrogens is 302 g/mol. The van der Waals surface area contributed by atoms with Crippen LogP contribution in [-0.2, 0) is 11.3 Å². The minimum absolute atomic E-state index is 0.187. The third kappa shape index (κ3) is 4.49. The van der Waals surface area contributed by atoms with Crippen molar-refractivity contribution in [3.05, 3.63) is 40.6 Å². The fraction of sp³-hybridized carbons (Fsp3) is 0.200. The fourth-order valence-electron chi connectivity index (χ4n) is 1.82. The molecule has 116 valence electrons. The molecule has 0 spiro atoms. The lowest BCUT2D eigenvalue weighted by molar-refractivity contribution is -0.114. The second-order valence-corrected chi connectivity index (χ2v) is 5.52.